The van der Waals surface area contributed by atoms with E-state index in [0.29, 0.717) is 26.4 Å². The fraction of sp³-hybridized carbons (Fsp3) is 0.444. The van der Waals surface area contributed by atoms with Gasteiger partial charge in [0.1, 0.15) is 0 Å². The summed E-state index contributed by atoms with van der Waals surface area (Å²) in [5.74, 6) is 0. The molecule has 4 aromatic heterocycles. The number of fused-ring (bicyclic) bond motifs is 14. The van der Waals surface area contributed by atoms with Crippen LogP contribution in [-0.4, -0.2) is 150 Å². The lowest BCUT2D eigenvalue weighted by atomic mass is 9.84. The molecule has 10 aromatic carbocycles. The van der Waals surface area contributed by atoms with E-state index in [0.717, 1.165) is 258 Å². The molecule has 4 fully saturated rings. The molecule has 124 heavy (non-hydrogen) atoms. The molecule has 8 heterocycles. The summed E-state index contributed by atoms with van der Waals surface area (Å²) in [5.41, 5.74) is 19.9. The van der Waals surface area contributed by atoms with Crippen molar-refractivity contribution >= 4 is 87.2 Å². The first-order chi connectivity index (χ1) is 61.2. The van der Waals surface area contributed by atoms with E-state index in [1.807, 2.05) is 0 Å². The molecule has 16 nitrogen and oxygen atoms in total. The molecule has 0 N–H and O–H groups in total. The van der Waals surface area contributed by atoms with Gasteiger partial charge in [-0.05, 0) is 240 Å². The summed E-state index contributed by atoms with van der Waals surface area (Å²) in [6, 6.07) is 79.8. The third-order valence-electron chi connectivity index (χ3n) is 26.9. The molecule has 0 spiro atoms. The van der Waals surface area contributed by atoms with Gasteiger partial charge in [0.05, 0.1) is 150 Å². The highest BCUT2D eigenvalue weighted by Gasteiger charge is 2.40. The molecule has 0 atom stereocenters. The zero-order valence-corrected chi connectivity index (χ0v) is 73.8. The smallest absolute Gasteiger partial charge is 0.0717 e. The third kappa shape index (κ3) is 19.6. The van der Waals surface area contributed by atoms with Gasteiger partial charge in [-0.3, -0.25) is 0 Å². The van der Waals surface area contributed by atoms with Crippen LogP contribution in [-0.2, 0) is 83.3 Å². The van der Waals surface area contributed by atoms with Crippen molar-refractivity contribution < 1.29 is 56.8 Å². The van der Waals surface area contributed by atoms with Crippen molar-refractivity contribution in [2.75, 3.05) is 132 Å². The van der Waals surface area contributed by atoms with E-state index in [1.165, 1.54) is 109 Å². The van der Waals surface area contributed by atoms with Crippen molar-refractivity contribution in [3.8, 4) is 22.7 Å². The van der Waals surface area contributed by atoms with Gasteiger partial charge >= 0.3 is 0 Å². The molecule has 0 radical (unpaired) electrons. The Labute approximate surface area is 732 Å². The Balaban J connectivity index is 0.000000176. The van der Waals surface area contributed by atoms with Crippen LogP contribution in [0.5, 0.6) is 0 Å². The lowest BCUT2D eigenvalue weighted by Gasteiger charge is -2.40. The molecule has 16 heteroatoms. The van der Waals surface area contributed by atoms with Crippen LogP contribution in [0.25, 0.3) is 110 Å². The second-order valence-corrected chi connectivity index (χ2v) is 35.8. The lowest BCUT2D eigenvalue weighted by molar-refractivity contribution is -0.150. The van der Waals surface area contributed by atoms with Crippen LogP contribution in [0.2, 0.25) is 0 Å². The first kappa shape index (κ1) is 87.0. The average molecular weight is 1670 g/mol. The van der Waals surface area contributed by atoms with Crippen LogP contribution in [0.15, 0.2) is 218 Å². The zero-order valence-electron chi connectivity index (χ0n) is 73.8. The highest BCUT2D eigenvalue weighted by atomic mass is 16.5. The molecule has 0 unspecified atom stereocenters. The van der Waals surface area contributed by atoms with Gasteiger partial charge in [-0.15, -0.1) is 0 Å². The Morgan fingerprint density at radius 3 is 0.758 bits per heavy atom. The average Bonchev–Trinajstić information content (AvgIpc) is 1.55. The predicted molar refractivity (Wildman–Crippen MR) is 502 cm³/mol. The number of benzene rings is 10. The maximum atomic E-state index is 6.32. The van der Waals surface area contributed by atoms with Gasteiger partial charge in [0, 0.05) is 140 Å². The number of nitrogens with zero attached hydrogens (tertiary/aromatic N) is 4. The summed E-state index contributed by atoms with van der Waals surface area (Å²) < 4.78 is 80.8. The van der Waals surface area contributed by atoms with E-state index >= 15 is 0 Å². The second kappa shape index (κ2) is 41.6. The quantitative estimate of drug-likeness (QED) is 0.0337. The Morgan fingerprint density at radius 2 is 0.476 bits per heavy atom. The van der Waals surface area contributed by atoms with E-state index in [2.05, 4.69) is 264 Å². The minimum absolute atomic E-state index is 0.251. The molecular formula is C108H128N4O12. The van der Waals surface area contributed by atoms with E-state index in [-0.39, 0.29) is 21.7 Å². The summed E-state index contributed by atoms with van der Waals surface area (Å²) in [5, 5.41) is 9.93. The van der Waals surface area contributed by atoms with Crippen molar-refractivity contribution in [2.24, 2.45) is 21.7 Å². The SMILES string of the molecule is CCC1(COCCCCCOCc2ccc3c(c2)c2c(ccc4c5cc(COCCCCCOCC6(CC)COC6)ccc5n(-c5ccccc5)c42)n3-c2ccccc2)COC1.CCC1(COCCCCCOCc2ccc3c(c2)c2c4c5cc(COCCCCCOCC6(CC)COC6)ccc5n(-c5ccccc5)c4ccc2n3-c2ccccc2)COC1. The Morgan fingerprint density at radius 1 is 0.234 bits per heavy atom. The van der Waals surface area contributed by atoms with E-state index < -0.39 is 0 Å². The number of hydrogen-bond acceptors (Lipinski definition) is 12. The fourth-order valence-electron chi connectivity index (χ4n) is 18.6. The molecule has 0 aliphatic carbocycles. The van der Waals surface area contributed by atoms with Crippen LogP contribution in [0, 0.1) is 21.7 Å². The molecule has 0 saturated carbocycles. The number of hydrogen-bond donors (Lipinski definition) is 0. The molecule has 4 saturated heterocycles. The van der Waals surface area contributed by atoms with Crippen molar-refractivity contribution in [2.45, 2.75) is 157 Å². The van der Waals surface area contributed by atoms with Crippen molar-refractivity contribution in [3.63, 3.8) is 0 Å². The van der Waals surface area contributed by atoms with Crippen LogP contribution < -0.4 is 0 Å². The summed E-state index contributed by atoms with van der Waals surface area (Å²) in [4.78, 5) is 0. The maximum Gasteiger partial charge on any atom is 0.0717 e. The van der Waals surface area contributed by atoms with E-state index in [4.69, 9.17) is 56.8 Å². The monoisotopic (exact) mass is 1670 g/mol. The van der Waals surface area contributed by atoms with Gasteiger partial charge in [0.25, 0.3) is 0 Å². The molecule has 18 rings (SSSR count). The number of unbranched alkanes of at least 4 members (excludes halogenated alkanes) is 8. The van der Waals surface area contributed by atoms with Crippen LogP contribution in [0.4, 0.5) is 0 Å². The molecule has 14 aromatic rings. The van der Waals surface area contributed by atoms with E-state index in [1.54, 1.807) is 0 Å². The van der Waals surface area contributed by atoms with Crippen LogP contribution in [0.3, 0.4) is 0 Å². The number of rotatable bonds is 48. The van der Waals surface area contributed by atoms with Crippen molar-refractivity contribution in [1.82, 2.24) is 18.3 Å². The third-order valence-corrected chi connectivity index (χ3v) is 26.9. The van der Waals surface area contributed by atoms with Gasteiger partial charge in [0.2, 0.25) is 0 Å². The first-order valence-corrected chi connectivity index (χ1v) is 46.4. The standard InChI is InChI=1S/2C54H64N2O6/c1-3-53(37-61-38-53)35-59-29-15-7-13-27-57-33-41-21-24-48-46(31-41)45-23-26-50-51(52(45)56(48)44-19-11-6-12-20-44)47-32-42(22-25-49(47)55(50)43-17-9-5-10-18-43)34-58-28-14-8-16-30-60-36-54(4-2)39-62-40-54;1-3-53(37-61-38-53)35-59-29-15-7-13-27-57-33-41-21-23-47-45(31-41)51-49(55(47)43-17-9-5-10-18-43)25-26-50-52(51)46-32-42(22-24-48(46)56(50)44-19-11-6-12-20-44)34-58-28-14-8-16-30-60-36-54(4-2)39-62-40-54/h2*5-6,9-12,17-26,31-32H,3-4,7-8,13-16,27-30,33-40H2,1-2H3. The number of ether oxygens (including phenoxy) is 12. The minimum atomic E-state index is 0.251. The molecule has 4 aliphatic heterocycles. The van der Waals surface area contributed by atoms with Crippen molar-refractivity contribution in [3.05, 3.63) is 241 Å². The summed E-state index contributed by atoms with van der Waals surface area (Å²) in [6.07, 6.45) is 17.2. The van der Waals surface area contributed by atoms with Crippen molar-refractivity contribution in [1.29, 1.82) is 0 Å². The number of aromatic nitrogens is 4. The zero-order chi connectivity index (χ0) is 84.4. The topological polar surface area (TPSA) is 130 Å². The fourth-order valence-corrected chi connectivity index (χ4v) is 18.6. The van der Waals surface area contributed by atoms with Crippen LogP contribution >= 0.6 is 0 Å². The molecule has 4 aliphatic rings. The van der Waals surface area contributed by atoms with Gasteiger partial charge in [-0.25, -0.2) is 0 Å². The minimum Gasteiger partial charge on any atom is -0.381 e. The molecule has 652 valence electrons. The first-order valence-electron chi connectivity index (χ1n) is 46.4. The molecular weight excluding hydrogens is 1550 g/mol. The Hall–Kier alpha value is -9.08. The maximum absolute atomic E-state index is 6.32. The van der Waals surface area contributed by atoms with Gasteiger partial charge in [-0.1, -0.05) is 131 Å². The second-order valence-electron chi connectivity index (χ2n) is 35.8. The van der Waals surface area contributed by atoms with Gasteiger partial charge in [-0.2, -0.15) is 0 Å². The highest BCUT2D eigenvalue weighted by molar-refractivity contribution is 6.29. The largest absolute Gasteiger partial charge is 0.381 e. The molecule has 0 amide bonds. The number of para-hydroxylation sites is 4. The lowest BCUT2D eigenvalue weighted by Crippen LogP contribution is -2.45. The normalized spacial score (nSPS) is 15.8. The summed E-state index contributed by atoms with van der Waals surface area (Å²) >= 11 is 0. The molecule has 0 bridgehead atoms. The summed E-state index contributed by atoms with van der Waals surface area (Å²) in [6.45, 7) is 27.4. The highest BCUT2D eigenvalue weighted by Crippen LogP contribution is 2.46. The van der Waals surface area contributed by atoms with Gasteiger partial charge < -0.3 is 75.1 Å². The van der Waals surface area contributed by atoms with E-state index in [9.17, 15) is 0 Å². The van der Waals surface area contributed by atoms with Gasteiger partial charge in [0.15, 0.2) is 0 Å². The Bertz CT molecular complexity index is 5570. The Kier molecular flexibility index (Phi) is 29.2. The van der Waals surface area contributed by atoms with Crippen LogP contribution in [0.1, 0.15) is 153 Å². The summed E-state index contributed by atoms with van der Waals surface area (Å²) in [7, 11) is 0. The predicted octanol–water partition coefficient (Wildman–Crippen LogP) is 24.3.